The summed E-state index contributed by atoms with van der Waals surface area (Å²) in [5.74, 6) is -0.986. The van der Waals surface area contributed by atoms with Gasteiger partial charge in [-0.25, -0.2) is 9.78 Å². The minimum Gasteiger partial charge on any atom is -0.476 e. The van der Waals surface area contributed by atoms with Gasteiger partial charge in [0.1, 0.15) is 5.01 Å². The number of benzene rings is 1. The largest absolute Gasteiger partial charge is 0.476 e. The summed E-state index contributed by atoms with van der Waals surface area (Å²) in [5, 5.41) is 11.3. The van der Waals surface area contributed by atoms with Gasteiger partial charge in [0.15, 0.2) is 5.69 Å². The van der Waals surface area contributed by atoms with Crippen molar-refractivity contribution in [1.29, 1.82) is 0 Å². The molecule has 2 heterocycles. The number of rotatable bonds is 4. The van der Waals surface area contributed by atoms with Gasteiger partial charge in [-0.1, -0.05) is 18.2 Å². The summed E-state index contributed by atoms with van der Waals surface area (Å²) in [6.45, 7) is 6.91. The molecule has 0 saturated carbocycles. The van der Waals surface area contributed by atoms with E-state index in [9.17, 15) is 4.79 Å². The van der Waals surface area contributed by atoms with Crippen molar-refractivity contribution in [2.45, 2.75) is 32.6 Å². The van der Waals surface area contributed by atoms with E-state index in [1.54, 1.807) is 5.38 Å². The highest BCUT2D eigenvalue weighted by atomic mass is 32.1. The van der Waals surface area contributed by atoms with Gasteiger partial charge in [0, 0.05) is 30.6 Å². The summed E-state index contributed by atoms with van der Waals surface area (Å²) >= 11 is 1.36. The fraction of sp³-hybridized carbons (Fsp3) is 0.412. The molecule has 1 fully saturated rings. The van der Waals surface area contributed by atoms with Crippen molar-refractivity contribution in [3.8, 4) is 10.6 Å². The van der Waals surface area contributed by atoms with Gasteiger partial charge < -0.3 is 9.84 Å². The van der Waals surface area contributed by atoms with Crippen molar-refractivity contribution in [2.24, 2.45) is 0 Å². The van der Waals surface area contributed by atoms with E-state index in [0.29, 0.717) is 0 Å². The zero-order valence-electron chi connectivity index (χ0n) is 13.2. The van der Waals surface area contributed by atoms with Crippen LogP contribution in [0.5, 0.6) is 0 Å². The molecular formula is C17H20N2O3S. The van der Waals surface area contributed by atoms with Gasteiger partial charge in [-0.3, -0.25) is 4.90 Å². The molecule has 2 aromatic rings. The number of nitrogens with zero attached hydrogens (tertiary/aromatic N) is 2. The first-order chi connectivity index (χ1) is 11.0. The Labute approximate surface area is 139 Å². The van der Waals surface area contributed by atoms with Crippen molar-refractivity contribution < 1.29 is 14.6 Å². The number of morpholine rings is 1. The molecule has 0 amide bonds. The number of aromatic carboxylic acids is 1. The maximum Gasteiger partial charge on any atom is 0.355 e. The van der Waals surface area contributed by atoms with E-state index in [0.717, 1.165) is 30.2 Å². The van der Waals surface area contributed by atoms with Crippen molar-refractivity contribution in [3.63, 3.8) is 0 Å². The normalized spacial score (nSPS) is 22.2. The van der Waals surface area contributed by atoms with Gasteiger partial charge >= 0.3 is 5.97 Å². The second-order valence-corrected chi connectivity index (χ2v) is 6.85. The summed E-state index contributed by atoms with van der Waals surface area (Å²) in [5.41, 5.74) is 2.27. The van der Waals surface area contributed by atoms with Crippen molar-refractivity contribution in [1.82, 2.24) is 9.88 Å². The Morgan fingerprint density at radius 3 is 2.78 bits per heavy atom. The molecule has 3 rings (SSSR count). The molecule has 1 aliphatic heterocycles. The Hall–Kier alpha value is -1.76. The molecular weight excluding hydrogens is 312 g/mol. The van der Waals surface area contributed by atoms with Crippen LogP contribution in [0.1, 0.15) is 29.9 Å². The third-order valence-corrected chi connectivity index (χ3v) is 4.69. The van der Waals surface area contributed by atoms with Crippen LogP contribution in [0.4, 0.5) is 0 Å². The lowest BCUT2D eigenvalue weighted by molar-refractivity contribution is -0.0704. The van der Waals surface area contributed by atoms with Gasteiger partial charge in [0.05, 0.1) is 12.2 Å². The van der Waals surface area contributed by atoms with Gasteiger partial charge in [-0.15, -0.1) is 11.3 Å². The van der Waals surface area contributed by atoms with Crippen molar-refractivity contribution in [2.75, 3.05) is 13.1 Å². The first kappa shape index (κ1) is 16.1. The van der Waals surface area contributed by atoms with Crippen LogP contribution in [0.15, 0.2) is 29.6 Å². The average molecular weight is 332 g/mol. The number of carboxylic acids is 1. The molecule has 1 N–H and O–H groups in total. The quantitative estimate of drug-likeness (QED) is 0.932. The predicted molar refractivity (Wildman–Crippen MR) is 89.8 cm³/mol. The lowest BCUT2D eigenvalue weighted by atomic mass is 10.1. The van der Waals surface area contributed by atoms with E-state index in [-0.39, 0.29) is 17.9 Å². The highest BCUT2D eigenvalue weighted by Gasteiger charge is 2.22. The molecule has 1 aromatic carbocycles. The molecule has 0 radical (unpaired) electrons. The number of carbonyl (C=O) groups is 1. The van der Waals surface area contributed by atoms with E-state index in [2.05, 4.69) is 35.9 Å². The van der Waals surface area contributed by atoms with E-state index < -0.39 is 5.97 Å². The van der Waals surface area contributed by atoms with Crippen LogP contribution in [-0.4, -0.2) is 46.3 Å². The van der Waals surface area contributed by atoms with E-state index in [4.69, 9.17) is 9.84 Å². The molecule has 122 valence electrons. The summed E-state index contributed by atoms with van der Waals surface area (Å²) in [7, 11) is 0. The van der Waals surface area contributed by atoms with Crippen LogP contribution in [0.3, 0.4) is 0 Å². The number of thiazole rings is 1. The van der Waals surface area contributed by atoms with E-state index in [1.165, 1.54) is 16.9 Å². The number of carboxylic acid groups (broad SMARTS) is 1. The standard InChI is InChI=1S/C17H20N2O3S/c1-11-7-19(8-12(2)22-11)9-13-4-3-5-14(6-13)16-18-15(10-23-16)17(20)21/h3-6,10-12H,7-9H2,1-2H3,(H,20,21). The molecule has 23 heavy (non-hydrogen) atoms. The second kappa shape index (κ2) is 6.78. The topological polar surface area (TPSA) is 62.7 Å². The second-order valence-electron chi connectivity index (χ2n) is 5.99. The van der Waals surface area contributed by atoms with Crippen LogP contribution < -0.4 is 0 Å². The first-order valence-electron chi connectivity index (χ1n) is 7.67. The summed E-state index contributed by atoms with van der Waals surface area (Å²) < 4.78 is 5.77. The summed E-state index contributed by atoms with van der Waals surface area (Å²) in [6, 6.07) is 8.16. The number of hydrogen-bond donors (Lipinski definition) is 1. The van der Waals surface area contributed by atoms with E-state index in [1.807, 2.05) is 12.1 Å². The minimum atomic E-state index is -0.986. The number of hydrogen-bond acceptors (Lipinski definition) is 5. The third-order valence-electron chi connectivity index (χ3n) is 3.80. The van der Waals surface area contributed by atoms with Gasteiger partial charge in [0.2, 0.25) is 0 Å². The molecule has 1 saturated heterocycles. The van der Waals surface area contributed by atoms with Gasteiger partial charge in [-0.2, -0.15) is 0 Å². The fourth-order valence-corrected chi connectivity index (χ4v) is 3.77. The smallest absolute Gasteiger partial charge is 0.355 e. The first-order valence-corrected chi connectivity index (χ1v) is 8.55. The summed E-state index contributed by atoms with van der Waals surface area (Å²) in [4.78, 5) is 17.5. The minimum absolute atomic E-state index is 0.103. The number of ether oxygens (including phenoxy) is 1. The zero-order valence-corrected chi connectivity index (χ0v) is 14.0. The molecule has 2 atom stereocenters. The molecule has 0 spiro atoms. The Bertz CT molecular complexity index is 691. The predicted octanol–water partition coefficient (Wildman–Crippen LogP) is 3.12. The van der Waals surface area contributed by atoms with Gasteiger partial charge in [0.25, 0.3) is 0 Å². The van der Waals surface area contributed by atoms with E-state index >= 15 is 0 Å². The highest BCUT2D eigenvalue weighted by molar-refractivity contribution is 7.13. The Kier molecular flexibility index (Phi) is 4.75. The molecule has 6 heteroatoms. The molecule has 1 aromatic heterocycles. The van der Waals surface area contributed by atoms with Crippen molar-refractivity contribution >= 4 is 17.3 Å². The maximum absolute atomic E-state index is 11.0. The van der Waals surface area contributed by atoms with Crippen LogP contribution in [-0.2, 0) is 11.3 Å². The van der Waals surface area contributed by atoms with Crippen LogP contribution in [0, 0.1) is 0 Å². The Balaban J connectivity index is 1.75. The average Bonchev–Trinajstić information content (AvgIpc) is 2.96. The van der Waals surface area contributed by atoms with Crippen LogP contribution in [0.25, 0.3) is 10.6 Å². The fourth-order valence-electron chi connectivity index (χ4n) is 2.98. The lowest BCUT2D eigenvalue weighted by Crippen LogP contribution is -2.44. The van der Waals surface area contributed by atoms with Gasteiger partial charge in [-0.05, 0) is 25.5 Å². The lowest BCUT2D eigenvalue weighted by Gasteiger charge is -2.35. The van der Waals surface area contributed by atoms with Crippen LogP contribution in [0.2, 0.25) is 0 Å². The SMILES string of the molecule is CC1CN(Cc2cccc(-c3nc(C(=O)O)cs3)c2)CC(C)O1. The Morgan fingerprint density at radius 1 is 1.39 bits per heavy atom. The monoisotopic (exact) mass is 332 g/mol. The molecule has 1 aliphatic rings. The molecule has 5 nitrogen and oxygen atoms in total. The molecule has 0 bridgehead atoms. The zero-order chi connectivity index (χ0) is 16.4. The summed E-state index contributed by atoms with van der Waals surface area (Å²) in [6.07, 6.45) is 0.498. The van der Waals surface area contributed by atoms with Crippen molar-refractivity contribution in [3.05, 3.63) is 40.9 Å². The van der Waals surface area contributed by atoms with Crippen LogP contribution >= 0.6 is 11.3 Å². The molecule has 0 aliphatic carbocycles. The molecule has 2 unspecified atom stereocenters. The third kappa shape index (κ3) is 3.96. The highest BCUT2D eigenvalue weighted by Crippen LogP contribution is 2.25. The maximum atomic E-state index is 11.0. The number of aromatic nitrogens is 1. The Morgan fingerprint density at radius 2 is 2.13 bits per heavy atom.